The van der Waals surface area contributed by atoms with Gasteiger partial charge in [0.1, 0.15) is 0 Å². The summed E-state index contributed by atoms with van der Waals surface area (Å²) in [5.74, 6) is 0.418. The van der Waals surface area contributed by atoms with E-state index in [9.17, 15) is 19.2 Å². The molecule has 4 aromatic carbocycles. The minimum atomic E-state index is -0.734. The lowest BCUT2D eigenvalue weighted by Gasteiger charge is -2.27. The third-order valence-corrected chi connectivity index (χ3v) is 15.0. The highest BCUT2D eigenvalue weighted by Gasteiger charge is 2.53. The molecule has 4 amide bonds. The standard InChI is InChI=1S/2C24H28N2O3S/c2*27-22(28)14-8-7-13-21-23-20(17-30-21)25(15-18-9-3-1-4-10-18)24(29)26(23)16-19-11-5-2-6-12-19/h2*1-6,9-12,20-21,23H,7-8,13-17H2,(H,27,28)/t2*20-,21-,23-/m11/s1. The van der Waals surface area contributed by atoms with Crippen LogP contribution in [0.4, 0.5) is 9.59 Å². The summed E-state index contributed by atoms with van der Waals surface area (Å²) in [4.78, 5) is 56.8. The van der Waals surface area contributed by atoms with Crippen molar-refractivity contribution in [2.24, 2.45) is 0 Å². The molecule has 4 aromatic rings. The minimum absolute atomic E-state index is 0.119. The van der Waals surface area contributed by atoms with Crippen LogP contribution in [-0.4, -0.2) is 100.0 Å². The molecule has 12 heteroatoms. The second kappa shape index (κ2) is 21.0. The van der Waals surface area contributed by atoms with E-state index in [4.69, 9.17) is 10.2 Å². The molecule has 0 spiro atoms. The largest absolute Gasteiger partial charge is 0.481 e. The van der Waals surface area contributed by atoms with Crippen LogP contribution in [0.3, 0.4) is 0 Å². The molecule has 316 valence electrons. The van der Waals surface area contributed by atoms with Crippen molar-refractivity contribution in [3.8, 4) is 0 Å². The Balaban J connectivity index is 0.000000181. The van der Waals surface area contributed by atoms with Crippen LogP contribution in [0.5, 0.6) is 0 Å². The van der Waals surface area contributed by atoms with Gasteiger partial charge in [0.15, 0.2) is 0 Å². The molecule has 10 nitrogen and oxygen atoms in total. The van der Waals surface area contributed by atoms with Crippen molar-refractivity contribution in [1.29, 1.82) is 0 Å². The topological polar surface area (TPSA) is 122 Å². The van der Waals surface area contributed by atoms with Crippen LogP contribution in [-0.2, 0) is 35.8 Å². The number of aliphatic carboxylic acids is 2. The molecule has 6 atom stereocenters. The molecular formula is C48H56N4O6S2. The van der Waals surface area contributed by atoms with Gasteiger partial charge in [-0.1, -0.05) is 134 Å². The number of benzene rings is 4. The first-order chi connectivity index (χ1) is 29.3. The zero-order chi connectivity index (χ0) is 41.8. The maximum atomic E-state index is 13.5. The molecule has 2 N–H and O–H groups in total. The van der Waals surface area contributed by atoms with Crippen molar-refractivity contribution in [1.82, 2.24) is 19.6 Å². The number of fused-ring (bicyclic) bond motifs is 2. The van der Waals surface area contributed by atoms with Crippen LogP contribution in [0.2, 0.25) is 0 Å². The number of unbranched alkanes of at least 4 members (excludes halogenated alkanes) is 2. The van der Waals surface area contributed by atoms with Crippen molar-refractivity contribution < 1.29 is 29.4 Å². The SMILES string of the molecule is O=C(O)CCCC[C@H]1SC[C@@H]2[C@H]1N(Cc1ccccc1)C(=O)N2Cc1ccccc1.O=C(O)CCCC[C@H]1SC[C@@H]2[C@H]1N(Cc1ccccc1)C(=O)N2Cc1ccccc1. The highest BCUT2D eigenvalue weighted by Crippen LogP contribution is 2.44. The zero-order valence-corrected chi connectivity index (χ0v) is 35.7. The number of carbonyl (C=O) groups is 4. The monoisotopic (exact) mass is 848 g/mol. The normalized spacial score (nSPS) is 23.1. The average molecular weight is 849 g/mol. The summed E-state index contributed by atoms with van der Waals surface area (Å²) < 4.78 is 0. The van der Waals surface area contributed by atoms with Crippen molar-refractivity contribution in [3.05, 3.63) is 144 Å². The Hall–Kier alpha value is -4.94. The van der Waals surface area contributed by atoms with Gasteiger partial charge in [-0.25, -0.2) is 9.59 Å². The first-order valence-electron chi connectivity index (χ1n) is 21.2. The van der Waals surface area contributed by atoms with Gasteiger partial charge in [0.25, 0.3) is 0 Å². The fourth-order valence-electron chi connectivity index (χ4n) is 9.16. The summed E-state index contributed by atoms with van der Waals surface area (Å²) >= 11 is 3.88. The molecule has 0 bridgehead atoms. The second-order valence-electron chi connectivity index (χ2n) is 16.2. The van der Waals surface area contributed by atoms with Gasteiger partial charge >= 0.3 is 24.0 Å². The molecule has 0 aliphatic carbocycles. The summed E-state index contributed by atoms with van der Waals surface area (Å²) in [6, 6.07) is 41.7. The molecule has 0 saturated carbocycles. The third kappa shape index (κ3) is 10.9. The van der Waals surface area contributed by atoms with Crippen molar-refractivity contribution in [2.45, 2.75) is 112 Å². The smallest absolute Gasteiger partial charge is 0.321 e. The van der Waals surface area contributed by atoms with Gasteiger partial charge in [0.2, 0.25) is 0 Å². The van der Waals surface area contributed by atoms with E-state index in [0.717, 1.165) is 59.4 Å². The molecule has 0 unspecified atom stereocenters. The Kier molecular flexibility index (Phi) is 15.1. The highest BCUT2D eigenvalue weighted by molar-refractivity contribution is 8.00. The number of hydrogen-bond acceptors (Lipinski definition) is 6. The summed E-state index contributed by atoms with van der Waals surface area (Å²) in [6.07, 6.45) is 5.52. The molecule has 8 rings (SSSR count). The Bertz CT molecular complexity index is 1870. The van der Waals surface area contributed by atoms with Crippen LogP contribution in [0.15, 0.2) is 121 Å². The molecule has 4 aliphatic heterocycles. The number of thioether (sulfide) groups is 2. The van der Waals surface area contributed by atoms with E-state index < -0.39 is 11.9 Å². The zero-order valence-electron chi connectivity index (χ0n) is 34.0. The quantitative estimate of drug-likeness (QED) is 0.0751. The van der Waals surface area contributed by atoms with Crippen LogP contribution < -0.4 is 0 Å². The number of amides is 4. The molecular weight excluding hydrogens is 793 g/mol. The van der Waals surface area contributed by atoms with E-state index in [1.54, 1.807) is 0 Å². The molecule has 0 radical (unpaired) electrons. The van der Waals surface area contributed by atoms with Gasteiger partial charge in [-0.15, -0.1) is 0 Å². The van der Waals surface area contributed by atoms with E-state index in [1.165, 1.54) is 0 Å². The Morgan fingerprint density at radius 3 is 1.07 bits per heavy atom. The summed E-state index contributed by atoms with van der Waals surface area (Å²) in [5.41, 5.74) is 4.60. The van der Waals surface area contributed by atoms with Gasteiger partial charge in [-0.2, -0.15) is 23.5 Å². The number of carboxylic acids is 2. The van der Waals surface area contributed by atoms with Gasteiger partial charge in [-0.3, -0.25) is 9.59 Å². The first-order valence-corrected chi connectivity index (χ1v) is 23.3. The van der Waals surface area contributed by atoms with Crippen LogP contribution in [0, 0.1) is 0 Å². The number of nitrogens with zero attached hydrogens (tertiary/aromatic N) is 4. The van der Waals surface area contributed by atoms with E-state index in [1.807, 2.05) is 106 Å². The number of rotatable bonds is 18. The Labute approximate surface area is 362 Å². The number of carboxylic acid groups (broad SMARTS) is 2. The van der Waals surface area contributed by atoms with Crippen molar-refractivity contribution in [3.63, 3.8) is 0 Å². The van der Waals surface area contributed by atoms with Gasteiger partial charge in [0, 0.05) is 61.0 Å². The molecule has 4 heterocycles. The molecule has 60 heavy (non-hydrogen) atoms. The summed E-state index contributed by atoms with van der Waals surface area (Å²) in [6.45, 7) is 2.52. The van der Waals surface area contributed by atoms with E-state index >= 15 is 0 Å². The lowest BCUT2D eigenvalue weighted by molar-refractivity contribution is -0.138. The molecule has 0 aromatic heterocycles. The lowest BCUT2D eigenvalue weighted by atomic mass is 10.0. The number of carbonyl (C=O) groups excluding carboxylic acids is 2. The number of hydrogen-bond donors (Lipinski definition) is 2. The van der Waals surface area contributed by atoms with E-state index in [-0.39, 0.29) is 49.1 Å². The Morgan fingerprint density at radius 2 is 0.767 bits per heavy atom. The van der Waals surface area contributed by atoms with E-state index in [0.29, 0.717) is 49.5 Å². The van der Waals surface area contributed by atoms with Gasteiger partial charge in [-0.05, 0) is 47.9 Å². The fourth-order valence-corrected chi connectivity index (χ4v) is 12.5. The second-order valence-corrected chi connectivity index (χ2v) is 18.7. The Morgan fingerprint density at radius 1 is 0.467 bits per heavy atom. The predicted molar refractivity (Wildman–Crippen MR) is 239 cm³/mol. The summed E-state index contributed by atoms with van der Waals surface area (Å²) in [5, 5.41) is 18.5. The lowest BCUT2D eigenvalue weighted by Crippen LogP contribution is -2.40. The average Bonchev–Trinajstić information content (AvgIpc) is 4.00. The maximum Gasteiger partial charge on any atom is 0.321 e. The highest BCUT2D eigenvalue weighted by atomic mass is 32.2. The van der Waals surface area contributed by atoms with Crippen molar-refractivity contribution >= 4 is 47.5 Å². The molecule has 4 fully saturated rings. The first kappa shape index (κ1) is 43.2. The molecule has 4 aliphatic rings. The molecule has 4 saturated heterocycles. The predicted octanol–water partition coefficient (Wildman–Crippen LogP) is 9.24. The minimum Gasteiger partial charge on any atom is -0.481 e. The van der Waals surface area contributed by atoms with E-state index in [2.05, 4.69) is 58.3 Å². The van der Waals surface area contributed by atoms with Gasteiger partial charge in [0.05, 0.1) is 24.2 Å². The van der Waals surface area contributed by atoms with Crippen LogP contribution in [0.1, 0.15) is 73.6 Å². The van der Waals surface area contributed by atoms with Gasteiger partial charge < -0.3 is 29.8 Å². The van der Waals surface area contributed by atoms with Crippen molar-refractivity contribution in [2.75, 3.05) is 11.5 Å². The van der Waals surface area contributed by atoms with Crippen LogP contribution >= 0.6 is 23.5 Å². The third-order valence-electron chi connectivity index (χ3n) is 12.1. The summed E-state index contributed by atoms with van der Waals surface area (Å²) in [7, 11) is 0. The number of urea groups is 2. The van der Waals surface area contributed by atoms with Crippen LogP contribution in [0.25, 0.3) is 0 Å². The maximum absolute atomic E-state index is 13.5. The fraction of sp³-hybridized carbons (Fsp3) is 0.417.